The van der Waals surface area contributed by atoms with Crippen LogP contribution >= 0.6 is 21.6 Å². The lowest BCUT2D eigenvalue weighted by molar-refractivity contribution is -0.117. The molecule has 2 atom stereocenters. The highest BCUT2D eigenvalue weighted by molar-refractivity contribution is 8.79. The molecule has 0 saturated heterocycles. The van der Waals surface area contributed by atoms with Crippen LogP contribution in [0.2, 0.25) is 0 Å². The van der Waals surface area contributed by atoms with Gasteiger partial charge < -0.3 is 18.2 Å². The van der Waals surface area contributed by atoms with E-state index in [0.717, 1.165) is 0 Å². The maximum atomic E-state index is 11.4. The van der Waals surface area contributed by atoms with Crippen LogP contribution in [-0.4, -0.2) is 96.4 Å². The molecule has 0 aliphatic heterocycles. The SMILES string of the molecule is NC(N)=[NH2+].NC(N)=[NH2+].NC(N)=[NH2+].NC(N)=[NH2+].O=S(=O)([O-])CCCCCC(SSC(CCCCCS(=O)(=O)[O-])S(=O)(=O)[O-])S(=O)(=O)[O-]. The molecule has 0 amide bonds. The quantitative estimate of drug-likeness (QED) is 0.0214. The average Bonchev–Trinajstić information content (AvgIpc) is 2.74. The van der Waals surface area contributed by atoms with Crippen LogP contribution in [0.4, 0.5) is 0 Å². The summed E-state index contributed by atoms with van der Waals surface area (Å²) in [7, 11) is -17.7. The molecule has 24 nitrogen and oxygen atoms in total. The molecule has 0 aromatic carbocycles. The van der Waals surface area contributed by atoms with Gasteiger partial charge in [0.25, 0.3) is 0 Å². The maximum Gasteiger partial charge on any atom is 0.336 e. The number of guanidine groups is 4. The third-order valence-corrected chi connectivity index (χ3v) is 12.4. The first-order valence-corrected chi connectivity index (χ1v) is 20.3. The molecular weight excluding hydrogens is 745 g/mol. The Bertz CT molecular complexity index is 1190. The van der Waals surface area contributed by atoms with E-state index in [1.165, 1.54) is 0 Å². The van der Waals surface area contributed by atoms with Gasteiger partial charge in [0, 0.05) is 11.5 Å². The molecule has 0 aliphatic carbocycles. The van der Waals surface area contributed by atoms with Gasteiger partial charge in [-0.15, -0.1) is 0 Å². The van der Waals surface area contributed by atoms with Crippen molar-refractivity contribution in [2.75, 3.05) is 11.5 Å². The third kappa shape index (κ3) is 64.4. The van der Waals surface area contributed by atoms with E-state index < -0.39 is 61.1 Å². The molecule has 0 radical (unpaired) electrons. The average molecular weight is 791 g/mol. The standard InChI is InChI=1S/C12H26O12S6.4CH5N3/c13-27(14,15)9-5-1-3-7-11(29(19,20)21)25-26-12(30(22,23)24)8-4-2-6-10-28(16,17)18;4*2-1(3)4/h11-12H,1-10H2,(H,13,14,15)(H,16,17,18)(H,19,20,21)(H,22,23,24);4*(H5,2,3,4). The molecule has 0 bridgehead atoms. The summed E-state index contributed by atoms with van der Waals surface area (Å²) >= 11 is 0. The maximum absolute atomic E-state index is 11.4. The predicted molar refractivity (Wildman–Crippen MR) is 169 cm³/mol. The van der Waals surface area contributed by atoms with Crippen LogP contribution in [0.3, 0.4) is 0 Å². The highest BCUT2D eigenvalue weighted by Crippen LogP contribution is 2.39. The highest BCUT2D eigenvalue weighted by Gasteiger charge is 2.23. The van der Waals surface area contributed by atoms with Crippen molar-refractivity contribution in [1.29, 1.82) is 0 Å². The molecule has 0 spiro atoms. The van der Waals surface area contributed by atoms with Crippen LogP contribution in [0, 0.1) is 0 Å². The molecule has 0 rings (SSSR count). The van der Waals surface area contributed by atoms with Crippen molar-refractivity contribution >= 4 is 85.9 Å². The molecule has 30 heteroatoms. The number of rotatable bonds is 17. The minimum atomic E-state index is -4.85. The molecule has 0 aromatic rings. The largest absolute Gasteiger partial charge is 0.748 e. The number of unbranched alkanes of at least 4 members (excludes halogenated alkanes) is 4. The van der Waals surface area contributed by atoms with E-state index in [0.29, 0.717) is 21.6 Å². The molecule has 2 unspecified atom stereocenters. The normalized spacial score (nSPS) is 12.3. The summed E-state index contributed by atoms with van der Waals surface area (Å²) in [5.74, 6) is -1.60. The molecule has 278 valence electrons. The van der Waals surface area contributed by atoms with Gasteiger partial charge in [-0.05, 0) is 25.7 Å². The lowest BCUT2D eigenvalue weighted by atomic mass is 10.2. The summed E-state index contributed by atoms with van der Waals surface area (Å²) in [4.78, 5) is 0. The van der Waals surface area contributed by atoms with Gasteiger partial charge in [0.1, 0.15) is 29.4 Å². The van der Waals surface area contributed by atoms with Gasteiger partial charge in [0.15, 0.2) is 0 Å². The van der Waals surface area contributed by atoms with E-state index in [-0.39, 0.29) is 75.2 Å². The smallest absolute Gasteiger partial charge is 0.336 e. The Morgan fingerprint density at radius 1 is 0.457 bits per heavy atom. The van der Waals surface area contributed by atoms with Crippen LogP contribution < -0.4 is 67.5 Å². The Morgan fingerprint density at radius 2 is 0.652 bits per heavy atom. The summed E-state index contributed by atoms with van der Waals surface area (Å²) in [6.07, 6.45) is -0.000794. The van der Waals surface area contributed by atoms with Crippen molar-refractivity contribution in [1.82, 2.24) is 0 Å². The molecule has 0 heterocycles. The molecular formula is C16H46N12O12S6. The Labute approximate surface area is 276 Å². The first-order chi connectivity index (χ1) is 20.3. The summed E-state index contributed by atoms with van der Waals surface area (Å²) in [5, 5.41) is 18.3. The van der Waals surface area contributed by atoms with Gasteiger partial charge in [-0.2, -0.15) is 0 Å². The fraction of sp³-hybridized carbons (Fsp3) is 0.750. The van der Waals surface area contributed by atoms with E-state index in [9.17, 15) is 51.9 Å². The first kappa shape index (κ1) is 52.9. The Kier molecular flexibility index (Phi) is 31.7. The van der Waals surface area contributed by atoms with Crippen LogP contribution in [0.25, 0.3) is 0 Å². The zero-order valence-electron chi connectivity index (χ0n) is 24.5. The van der Waals surface area contributed by atoms with E-state index in [1.54, 1.807) is 0 Å². The van der Waals surface area contributed by atoms with Gasteiger partial charge in [-0.1, -0.05) is 47.3 Å². The van der Waals surface area contributed by atoms with Crippen molar-refractivity contribution in [2.24, 2.45) is 45.9 Å². The third-order valence-electron chi connectivity index (χ3n) is 3.58. The van der Waals surface area contributed by atoms with Gasteiger partial charge in [0.2, 0.25) is 0 Å². The molecule has 0 saturated carbocycles. The van der Waals surface area contributed by atoms with E-state index in [2.05, 4.69) is 67.5 Å². The van der Waals surface area contributed by atoms with Gasteiger partial charge >= 0.3 is 23.8 Å². The monoisotopic (exact) mass is 790 g/mol. The van der Waals surface area contributed by atoms with Crippen LogP contribution in [-0.2, 0) is 40.5 Å². The zero-order valence-corrected chi connectivity index (χ0v) is 29.4. The topological polar surface area (TPSA) is 539 Å². The molecule has 0 aliphatic rings. The van der Waals surface area contributed by atoms with E-state index in [1.807, 2.05) is 0 Å². The molecule has 0 fully saturated rings. The summed E-state index contributed by atoms with van der Waals surface area (Å²) in [6, 6.07) is 0. The second kappa shape index (κ2) is 27.5. The number of hydrogen-bond acceptors (Lipinski definition) is 14. The van der Waals surface area contributed by atoms with Gasteiger partial charge in [-0.25, -0.2) is 33.7 Å². The Morgan fingerprint density at radius 3 is 0.804 bits per heavy atom. The predicted octanol–water partition coefficient (Wildman–Crippen LogP) is -11.6. The lowest BCUT2D eigenvalue weighted by Crippen LogP contribution is -2.51. The van der Waals surface area contributed by atoms with Crippen LogP contribution in [0.5, 0.6) is 0 Å². The van der Waals surface area contributed by atoms with Crippen molar-refractivity contribution in [3.05, 3.63) is 0 Å². The van der Waals surface area contributed by atoms with Gasteiger partial charge in [0.05, 0.1) is 20.2 Å². The minimum absolute atomic E-state index is 0.0219. The lowest BCUT2D eigenvalue weighted by Gasteiger charge is -2.24. The van der Waals surface area contributed by atoms with Crippen molar-refractivity contribution in [3.8, 4) is 0 Å². The van der Waals surface area contributed by atoms with Crippen LogP contribution in [0.15, 0.2) is 0 Å². The molecule has 46 heavy (non-hydrogen) atoms. The van der Waals surface area contributed by atoms with E-state index >= 15 is 0 Å². The van der Waals surface area contributed by atoms with Crippen molar-refractivity contribution in [2.45, 2.75) is 60.5 Å². The molecule has 0 aromatic heterocycles. The first-order valence-electron chi connectivity index (χ1n) is 12.0. The number of hydrogen-bond donors (Lipinski definition) is 12. The summed E-state index contributed by atoms with van der Waals surface area (Å²) < 4.78 is 128. The fourth-order valence-electron chi connectivity index (χ4n) is 2.14. The summed E-state index contributed by atoms with van der Waals surface area (Å²) in [6.45, 7) is 0. The second-order valence-electron chi connectivity index (χ2n) is 8.26. The molecule has 24 N–H and O–H groups in total. The Balaban J connectivity index is -0.000000287. The zero-order chi connectivity index (χ0) is 37.9. The summed E-state index contributed by atoms with van der Waals surface area (Å²) in [5.41, 5.74) is 36.7. The fourth-order valence-corrected chi connectivity index (χ4v) is 9.58. The highest BCUT2D eigenvalue weighted by atomic mass is 33.1. The van der Waals surface area contributed by atoms with Crippen LogP contribution in [0.1, 0.15) is 51.4 Å². The number of nitrogens with two attached hydrogens (primary N) is 12. The van der Waals surface area contributed by atoms with Crippen molar-refractivity contribution < 1.29 is 73.5 Å². The van der Waals surface area contributed by atoms with Crippen molar-refractivity contribution in [3.63, 3.8) is 0 Å². The Hall–Kier alpha value is -2.58. The second-order valence-corrected chi connectivity index (χ2v) is 17.7. The minimum Gasteiger partial charge on any atom is -0.748 e. The van der Waals surface area contributed by atoms with E-state index in [4.69, 9.17) is 0 Å². The van der Waals surface area contributed by atoms with Gasteiger partial charge in [-0.3, -0.25) is 67.5 Å².